The predicted molar refractivity (Wildman–Crippen MR) is 154 cm³/mol. The van der Waals surface area contributed by atoms with Crippen molar-refractivity contribution in [2.45, 2.75) is 95.3 Å². The van der Waals surface area contributed by atoms with E-state index in [-0.39, 0.29) is 41.7 Å². The second-order valence-corrected chi connectivity index (χ2v) is 13.3. The summed E-state index contributed by atoms with van der Waals surface area (Å²) in [4.78, 5) is 27.8. The van der Waals surface area contributed by atoms with E-state index in [1.165, 1.54) is 6.92 Å². The Morgan fingerprint density at radius 1 is 1.21 bits per heavy atom. The Balaban J connectivity index is 1.37. The molecule has 9 nitrogen and oxygen atoms in total. The highest BCUT2D eigenvalue weighted by Crippen LogP contribution is 2.41. The Labute approximate surface area is 249 Å². The molecule has 0 saturated carbocycles. The Kier molecular flexibility index (Phi) is 7.62. The topological polar surface area (TPSA) is 91.3 Å². The molecule has 12 heteroatoms. The first-order valence-electron chi connectivity index (χ1n) is 15.0. The maximum atomic E-state index is 15.9. The van der Waals surface area contributed by atoms with Gasteiger partial charge in [0.05, 0.1) is 23.2 Å². The molecular formula is C31H38F3N5O4. The highest BCUT2D eigenvalue weighted by Gasteiger charge is 2.50. The van der Waals surface area contributed by atoms with Crippen LogP contribution in [0.3, 0.4) is 0 Å². The van der Waals surface area contributed by atoms with E-state index >= 15 is 8.78 Å². The zero-order valence-corrected chi connectivity index (χ0v) is 25.0. The van der Waals surface area contributed by atoms with Gasteiger partial charge in [0.15, 0.2) is 5.82 Å². The number of carbonyl (C=O) groups is 1. The number of aliphatic hydroxyl groups is 1. The first-order valence-corrected chi connectivity index (χ1v) is 15.0. The van der Waals surface area contributed by atoms with Gasteiger partial charge in [-0.1, -0.05) is 11.8 Å². The molecule has 232 valence electrons. The van der Waals surface area contributed by atoms with Crippen LogP contribution in [0.2, 0.25) is 0 Å². The third-order valence-electron chi connectivity index (χ3n) is 8.87. The fourth-order valence-corrected chi connectivity index (χ4v) is 7.09. The van der Waals surface area contributed by atoms with Gasteiger partial charge in [-0.2, -0.15) is 9.97 Å². The van der Waals surface area contributed by atoms with Gasteiger partial charge in [0.25, 0.3) is 0 Å². The zero-order chi connectivity index (χ0) is 30.7. The molecule has 1 N–H and O–H groups in total. The average Bonchev–Trinajstić information content (AvgIpc) is 3.53. The summed E-state index contributed by atoms with van der Waals surface area (Å²) >= 11 is 0. The summed E-state index contributed by atoms with van der Waals surface area (Å²) in [6, 6.07) is 0.737. The molecule has 4 aliphatic heterocycles. The van der Waals surface area contributed by atoms with Gasteiger partial charge in [0, 0.05) is 31.4 Å². The number of halogens is 3. The molecule has 0 aliphatic carbocycles. The predicted octanol–water partition coefficient (Wildman–Crippen LogP) is 4.18. The molecule has 0 spiro atoms. The molecule has 5 atom stereocenters. The number of ether oxygens (including phenoxy) is 2. The van der Waals surface area contributed by atoms with Crippen LogP contribution in [0.15, 0.2) is 6.07 Å². The van der Waals surface area contributed by atoms with Gasteiger partial charge in [0.2, 0.25) is 0 Å². The first-order chi connectivity index (χ1) is 20.3. The molecule has 0 radical (unpaired) electrons. The van der Waals surface area contributed by atoms with Gasteiger partial charge in [-0.15, -0.1) is 0 Å². The van der Waals surface area contributed by atoms with Crippen molar-refractivity contribution in [3.8, 4) is 17.9 Å². The van der Waals surface area contributed by atoms with E-state index in [1.54, 1.807) is 4.90 Å². The maximum Gasteiger partial charge on any atom is 0.410 e. The SMILES string of the molecule is CC(O)C#Cc1c(F)cc2c(N3C[C@H]4CC[C@@H](C3)N4C(=O)OC(C)(C)C)nc(OC[C@@]34CCCN3C[C@H](F)C4)nc2c1F. The standard InChI is InChI=1S/C31H38F3N5O4/c1-18(40)6-9-22-24(33)12-23-26(25(22)34)35-28(42-17-31-10-5-11-38(31)14-19(32)13-31)36-27(23)37-15-20-7-8-21(16-37)39(20)29(41)43-30(2,3)4/h12,18-21,40H,5,7-8,10-11,13-17H2,1-4H3/t18?,19-,20-,21+,31+/m1/s1. The number of hydrogen-bond donors (Lipinski definition) is 1. The van der Waals surface area contributed by atoms with E-state index < -0.39 is 40.6 Å². The lowest BCUT2D eigenvalue weighted by molar-refractivity contribution is 0.0122. The number of benzene rings is 1. The van der Waals surface area contributed by atoms with Crippen molar-refractivity contribution in [1.82, 2.24) is 19.8 Å². The second kappa shape index (κ2) is 11.0. The van der Waals surface area contributed by atoms with Crippen LogP contribution in [0.5, 0.6) is 6.01 Å². The molecule has 2 aromatic rings. The molecule has 4 fully saturated rings. The normalized spacial score (nSPS) is 27.7. The van der Waals surface area contributed by atoms with E-state index in [0.717, 1.165) is 38.3 Å². The van der Waals surface area contributed by atoms with Crippen molar-refractivity contribution < 1.29 is 32.5 Å². The van der Waals surface area contributed by atoms with Gasteiger partial charge in [-0.05, 0) is 66.0 Å². The third-order valence-corrected chi connectivity index (χ3v) is 8.87. The number of fused-ring (bicyclic) bond motifs is 4. The van der Waals surface area contributed by atoms with E-state index in [1.807, 2.05) is 25.7 Å². The van der Waals surface area contributed by atoms with Crippen LogP contribution in [-0.2, 0) is 4.74 Å². The van der Waals surface area contributed by atoms with Crippen LogP contribution in [0.25, 0.3) is 10.9 Å². The second-order valence-electron chi connectivity index (χ2n) is 13.3. The highest BCUT2D eigenvalue weighted by atomic mass is 19.1. The van der Waals surface area contributed by atoms with Gasteiger partial charge < -0.3 is 19.5 Å². The molecule has 1 amide bonds. The maximum absolute atomic E-state index is 15.9. The lowest BCUT2D eigenvalue weighted by Gasteiger charge is -2.42. The summed E-state index contributed by atoms with van der Waals surface area (Å²) in [6.45, 7) is 8.93. The van der Waals surface area contributed by atoms with Crippen molar-refractivity contribution in [2.75, 3.05) is 37.7 Å². The number of alkyl halides is 1. The van der Waals surface area contributed by atoms with Gasteiger partial charge >= 0.3 is 12.1 Å². The molecule has 1 unspecified atom stereocenters. The number of nitrogens with zero attached hydrogens (tertiary/aromatic N) is 5. The van der Waals surface area contributed by atoms with E-state index in [4.69, 9.17) is 9.47 Å². The minimum atomic E-state index is -1.08. The highest BCUT2D eigenvalue weighted by molar-refractivity contribution is 5.91. The lowest BCUT2D eigenvalue weighted by atomic mass is 9.95. The quantitative estimate of drug-likeness (QED) is 0.522. The fraction of sp³-hybridized carbons (Fsp3) is 0.645. The number of aromatic nitrogens is 2. The van der Waals surface area contributed by atoms with Crippen molar-refractivity contribution in [1.29, 1.82) is 0 Å². The summed E-state index contributed by atoms with van der Waals surface area (Å²) in [5.74, 6) is 3.21. The van der Waals surface area contributed by atoms with Crippen molar-refractivity contribution in [2.24, 2.45) is 0 Å². The Bertz CT molecular complexity index is 1470. The Morgan fingerprint density at radius 2 is 1.93 bits per heavy atom. The number of aliphatic hydroxyl groups excluding tert-OH is 1. The number of carbonyl (C=O) groups excluding carboxylic acids is 1. The fourth-order valence-electron chi connectivity index (χ4n) is 7.09. The van der Waals surface area contributed by atoms with Crippen LogP contribution in [0.4, 0.5) is 23.8 Å². The number of anilines is 1. The van der Waals surface area contributed by atoms with E-state index in [0.29, 0.717) is 31.9 Å². The van der Waals surface area contributed by atoms with Crippen molar-refractivity contribution in [3.63, 3.8) is 0 Å². The van der Waals surface area contributed by atoms with E-state index in [9.17, 15) is 14.3 Å². The molecule has 1 aromatic heterocycles. The Morgan fingerprint density at radius 3 is 2.60 bits per heavy atom. The van der Waals surface area contributed by atoms with E-state index in [2.05, 4.69) is 26.7 Å². The minimum absolute atomic E-state index is 0.0899. The summed E-state index contributed by atoms with van der Waals surface area (Å²) < 4.78 is 57.3. The molecule has 6 rings (SSSR count). The lowest BCUT2D eigenvalue weighted by Crippen LogP contribution is -2.57. The molecule has 4 aliphatic rings. The van der Waals surface area contributed by atoms with Gasteiger partial charge in [-0.3, -0.25) is 9.80 Å². The third kappa shape index (κ3) is 5.69. The molecule has 43 heavy (non-hydrogen) atoms. The van der Waals surface area contributed by atoms with Crippen LogP contribution >= 0.6 is 0 Å². The van der Waals surface area contributed by atoms with Crippen LogP contribution in [0.1, 0.15) is 65.4 Å². The largest absolute Gasteiger partial charge is 0.461 e. The smallest absolute Gasteiger partial charge is 0.410 e. The van der Waals surface area contributed by atoms with Crippen LogP contribution in [-0.4, -0.2) is 99.3 Å². The van der Waals surface area contributed by atoms with Gasteiger partial charge in [0.1, 0.15) is 41.6 Å². The molecular weight excluding hydrogens is 563 g/mol. The molecule has 1 aromatic carbocycles. The summed E-state index contributed by atoms with van der Waals surface area (Å²) in [5.41, 5.74) is -1.77. The molecule has 4 saturated heterocycles. The van der Waals surface area contributed by atoms with Crippen molar-refractivity contribution in [3.05, 3.63) is 23.3 Å². The van der Waals surface area contributed by atoms with Crippen molar-refractivity contribution >= 4 is 22.8 Å². The average molecular weight is 602 g/mol. The van der Waals surface area contributed by atoms with Crippen LogP contribution < -0.4 is 9.64 Å². The minimum Gasteiger partial charge on any atom is -0.461 e. The number of rotatable bonds is 4. The summed E-state index contributed by atoms with van der Waals surface area (Å²) in [7, 11) is 0. The summed E-state index contributed by atoms with van der Waals surface area (Å²) in [6.07, 6.45) is 1.19. The Hall–Kier alpha value is -3.30. The molecule has 5 heterocycles. The summed E-state index contributed by atoms with van der Waals surface area (Å²) in [5, 5.41) is 9.73. The van der Waals surface area contributed by atoms with Crippen LogP contribution in [0, 0.1) is 23.5 Å². The first kappa shape index (κ1) is 29.8. The zero-order valence-electron chi connectivity index (χ0n) is 25.0. The number of amides is 1. The number of hydrogen-bond acceptors (Lipinski definition) is 8. The number of piperazine rings is 1. The monoisotopic (exact) mass is 601 g/mol. The van der Waals surface area contributed by atoms with Gasteiger partial charge in [-0.25, -0.2) is 18.0 Å². The molecule has 2 bridgehead atoms.